The summed E-state index contributed by atoms with van der Waals surface area (Å²) in [6.45, 7) is 0. The molecule has 0 radical (unpaired) electrons. The molecule has 0 atom stereocenters. The first-order valence-corrected chi connectivity index (χ1v) is 5.56. The fourth-order valence-corrected chi connectivity index (χ4v) is 1.83. The van der Waals surface area contributed by atoms with Crippen LogP contribution in [0.3, 0.4) is 0 Å². The third-order valence-corrected chi connectivity index (χ3v) is 2.74. The van der Waals surface area contributed by atoms with Crippen LogP contribution < -0.4 is 5.43 Å². The van der Waals surface area contributed by atoms with E-state index in [1.165, 1.54) is 24.3 Å². The monoisotopic (exact) mass is 255 g/mol. The number of aromatic carboxylic acids is 1. The molecule has 0 aliphatic heterocycles. The van der Waals surface area contributed by atoms with E-state index in [4.69, 9.17) is 5.11 Å². The highest BCUT2D eigenvalue weighted by molar-refractivity contribution is 5.89. The summed E-state index contributed by atoms with van der Waals surface area (Å²) in [4.78, 5) is 26.4. The van der Waals surface area contributed by atoms with Gasteiger partial charge in [-0.1, -0.05) is 12.1 Å². The van der Waals surface area contributed by atoms with Crippen molar-refractivity contribution in [3.8, 4) is 11.4 Å². The zero-order valence-electron chi connectivity index (χ0n) is 9.70. The number of pyridine rings is 1. The van der Waals surface area contributed by atoms with Crippen LogP contribution in [0.15, 0.2) is 47.4 Å². The minimum atomic E-state index is -0.993. The molecule has 1 aromatic carbocycles. The van der Waals surface area contributed by atoms with E-state index in [0.29, 0.717) is 17.0 Å². The number of hydrogen-bond donors (Lipinski definition) is 2. The van der Waals surface area contributed by atoms with Crippen LogP contribution in [0.1, 0.15) is 10.4 Å². The van der Waals surface area contributed by atoms with E-state index in [1.807, 2.05) is 0 Å². The maximum atomic E-state index is 11.2. The molecule has 0 fully saturated rings. The Labute approximate surface area is 106 Å². The van der Waals surface area contributed by atoms with Gasteiger partial charge in [0.1, 0.15) is 0 Å². The summed E-state index contributed by atoms with van der Waals surface area (Å²) in [5.74, 6) is -0.485. The quantitative estimate of drug-likeness (QED) is 0.724. The second kappa shape index (κ2) is 4.09. The fraction of sp³-hybridized carbons (Fsp3) is 0. The van der Waals surface area contributed by atoms with Gasteiger partial charge in [-0.05, 0) is 12.1 Å². The van der Waals surface area contributed by atoms with E-state index >= 15 is 0 Å². The third-order valence-electron chi connectivity index (χ3n) is 2.74. The summed E-state index contributed by atoms with van der Waals surface area (Å²) in [5, 5.41) is 11.9. The molecule has 0 amide bonds. The van der Waals surface area contributed by atoms with Gasteiger partial charge in [0.2, 0.25) is 0 Å². The Bertz CT molecular complexity index is 832. The van der Waals surface area contributed by atoms with Gasteiger partial charge in [-0.25, -0.2) is 14.3 Å². The molecule has 0 aliphatic carbocycles. The lowest BCUT2D eigenvalue weighted by molar-refractivity contribution is 0.0697. The van der Waals surface area contributed by atoms with Crippen LogP contribution in [0.4, 0.5) is 0 Å². The summed E-state index contributed by atoms with van der Waals surface area (Å²) in [6.07, 6.45) is 1.58. The number of nitrogens with one attached hydrogen (secondary N) is 1. The Morgan fingerprint density at radius 1 is 1.26 bits per heavy atom. The Balaban J connectivity index is 2.16. The third kappa shape index (κ3) is 1.99. The maximum Gasteiger partial charge on any atom is 0.335 e. The van der Waals surface area contributed by atoms with Crippen molar-refractivity contribution < 1.29 is 9.90 Å². The normalized spacial score (nSPS) is 10.7. The first kappa shape index (κ1) is 11.2. The molecule has 0 saturated carbocycles. The molecule has 0 unspecified atom stereocenters. The Kier molecular flexibility index (Phi) is 2.42. The smallest absolute Gasteiger partial charge is 0.335 e. The minimum absolute atomic E-state index is 0.127. The van der Waals surface area contributed by atoms with Crippen molar-refractivity contribution in [2.24, 2.45) is 0 Å². The molecule has 0 aliphatic rings. The molecule has 94 valence electrons. The number of benzene rings is 1. The largest absolute Gasteiger partial charge is 0.478 e. The first-order chi connectivity index (χ1) is 9.13. The van der Waals surface area contributed by atoms with Gasteiger partial charge in [-0.15, -0.1) is 0 Å². The predicted octanol–water partition coefficient (Wildman–Crippen LogP) is 1.39. The lowest BCUT2D eigenvalue weighted by Crippen LogP contribution is -1.98. The number of carbonyl (C=O) groups is 1. The van der Waals surface area contributed by atoms with Crippen LogP contribution in [0, 0.1) is 0 Å². The van der Waals surface area contributed by atoms with Gasteiger partial charge in [0.25, 0.3) is 0 Å². The summed E-state index contributed by atoms with van der Waals surface area (Å²) < 4.78 is 1.60. The van der Waals surface area contributed by atoms with Gasteiger partial charge in [-0.2, -0.15) is 0 Å². The highest BCUT2D eigenvalue weighted by Gasteiger charge is 2.08. The molecule has 2 aromatic heterocycles. The SMILES string of the molecule is O=C(O)c1cccc(-c2nc3cc(=O)ccn3[nH]2)c1. The molecule has 19 heavy (non-hydrogen) atoms. The number of carboxylic acid groups (broad SMARTS) is 1. The lowest BCUT2D eigenvalue weighted by atomic mass is 10.1. The summed E-state index contributed by atoms with van der Waals surface area (Å²) in [7, 11) is 0. The number of hydrogen-bond acceptors (Lipinski definition) is 3. The van der Waals surface area contributed by atoms with E-state index in [9.17, 15) is 9.59 Å². The summed E-state index contributed by atoms with van der Waals surface area (Å²) in [6, 6.07) is 9.26. The van der Waals surface area contributed by atoms with Crippen LogP contribution in [0.2, 0.25) is 0 Å². The lowest BCUT2D eigenvalue weighted by Gasteiger charge is -1.98. The first-order valence-electron chi connectivity index (χ1n) is 5.56. The van der Waals surface area contributed by atoms with Crippen molar-refractivity contribution in [2.45, 2.75) is 0 Å². The summed E-state index contributed by atoms with van der Waals surface area (Å²) >= 11 is 0. The van der Waals surface area contributed by atoms with Crippen molar-refractivity contribution in [1.29, 1.82) is 0 Å². The number of nitrogens with zero attached hydrogens (tertiary/aromatic N) is 2. The van der Waals surface area contributed by atoms with Gasteiger partial charge in [0, 0.05) is 23.9 Å². The number of rotatable bonds is 2. The van der Waals surface area contributed by atoms with E-state index in [-0.39, 0.29) is 11.0 Å². The molecule has 6 heteroatoms. The van der Waals surface area contributed by atoms with Crippen LogP contribution in [0.25, 0.3) is 17.0 Å². The van der Waals surface area contributed by atoms with Crippen molar-refractivity contribution in [3.05, 3.63) is 58.4 Å². The Morgan fingerprint density at radius 2 is 2.11 bits per heavy atom. The van der Waals surface area contributed by atoms with Gasteiger partial charge < -0.3 is 5.11 Å². The molecule has 6 nitrogen and oxygen atoms in total. The zero-order chi connectivity index (χ0) is 13.4. The number of aromatic nitrogens is 3. The van der Waals surface area contributed by atoms with Crippen LogP contribution in [-0.4, -0.2) is 25.7 Å². The highest BCUT2D eigenvalue weighted by Crippen LogP contribution is 2.17. The highest BCUT2D eigenvalue weighted by atomic mass is 16.4. The van der Waals surface area contributed by atoms with Crippen molar-refractivity contribution in [2.75, 3.05) is 0 Å². The number of aromatic amines is 1. The maximum absolute atomic E-state index is 11.2. The van der Waals surface area contributed by atoms with E-state index in [0.717, 1.165) is 0 Å². The average molecular weight is 255 g/mol. The molecule has 0 bridgehead atoms. The molecule has 0 saturated heterocycles. The van der Waals surface area contributed by atoms with Crippen LogP contribution >= 0.6 is 0 Å². The molecular formula is C13H9N3O3. The predicted molar refractivity (Wildman–Crippen MR) is 68.2 cm³/mol. The van der Waals surface area contributed by atoms with Crippen molar-refractivity contribution >= 4 is 11.6 Å². The van der Waals surface area contributed by atoms with Crippen LogP contribution in [-0.2, 0) is 0 Å². The van der Waals surface area contributed by atoms with Gasteiger partial charge in [0.15, 0.2) is 16.9 Å². The van der Waals surface area contributed by atoms with Crippen molar-refractivity contribution in [3.63, 3.8) is 0 Å². The van der Waals surface area contributed by atoms with Gasteiger partial charge in [0.05, 0.1) is 5.56 Å². The molecule has 2 heterocycles. The summed E-state index contributed by atoms with van der Waals surface area (Å²) in [5.41, 5.74) is 1.20. The number of H-pyrrole nitrogens is 1. The van der Waals surface area contributed by atoms with E-state index < -0.39 is 5.97 Å². The molecule has 0 spiro atoms. The zero-order valence-corrected chi connectivity index (χ0v) is 9.70. The average Bonchev–Trinajstić information content (AvgIpc) is 2.81. The molecule has 3 rings (SSSR count). The minimum Gasteiger partial charge on any atom is -0.478 e. The number of fused-ring (bicyclic) bond motifs is 1. The van der Waals surface area contributed by atoms with Gasteiger partial charge in [-0.3, -0.25) is 9.89 Å². The molecule has 3 aromatic rings. The second-order valence-corrected chi connectivity index (χ2v) is 4.05. The Morgan fingerprint density at radius 3 is 2.89 bits per heavy atom. The fourth-order valence-electron chi connectivity index (χ4n) is 1.83. The Hall–Kier alpha value is -2.89. The molecule has 2 N–H and O–H groups in total. The van der Waals surface area contributed by atoms with E-state index in [1.54, 1.807) is 22.8 Å². The topological polar surface area (TPSA) is 87.5 Å². The van der Waals surface area contributed by atoms with Crippen molar-refractivity contribution in [1.82, 2.24) is 14.6 Å². The second-order valence-electron chi connectivity index (χ2n) is 4.05. The van der Waals surface area contributed by atoms with Gasteiger partial charge >= 0.3 is 5.97 Å². The van der Waals surface area contributed by atoms with Crippen LogP contribution in [0.5, 0.6) is 0 Å². The van der Waals surface area contributed by atoms with E-state index in [2.05, 4.69) is 10.1 Å². The molecular weight excluding hydrogens is 246 g/mol. The number of carboxylic acids is 1. The standard InChI is InChI=1S/C13H9N3O3/c17-10-4-5-16-11(7-10)14-12(15-16)8-2-1-3-9(6-8)13(18)19/h1-7H,(H,14,15)(H,18,19).